The van der Waals surface area contributed by atoms with E-state index in [1.54, 1.807) is 6.92 Å². The molecule has 0 radical (unpaired) electrons. The number of hydrogen-bond acceptors (Lipinski definition) is 4. The molecule has 0 aliphatic carbocycles. The van der Waals surface area contributed by atoms with Crippen LogP contribution in [0.2, 0.25) is 0 Å². The van der Waals surface area contributed by atoms with Crippen molar-refractivity contribution in [2.75, 3.05) is 19.7 Å². The molecule has 1 heterocycles. The molecule has 1 fully saturated rings. The first-order valence-corrected chi connectivity index (χ1v) is 5.23. The highest BCUT2D eigenvalue weighted by Crippen LogP contribution is 2.18. The van der Waals surface area contributed by atoms with Gasteiger partial charge >= 0.3 is 0 Å². The molecule has 0 aromatic heterocycles. The average molecular weight is 203 g/mol. The lowest BCUT2D eigenvalue weighted by atomic mass is 10.1. The molecule has 1 saturated heterocycles. The second-order valence-electron chi connectivity index (χ2n) is 4.43. The van der Waals surface area contributed by atoms with Gasteiger partial charge in [-0.1, -0.05) is 0 Å². The van der Waals surface area contributed by atoms with Crippen LogP contribution >= 0.6 is 0 Å². The van der Waals surface area contributed by atoms with Crippen LogP contribution in [0.15, 0.2) is 0 Å². The van der Waals surface area contributed by atoms with E-state index >= 15 is 0 Å². The average Bonchev–Trinajstić information content (AvgIpc) is 2.51. The normalized spacial score (nSPS) is 31.7. The molecular weight excluding hydrogens is 182 g/mol. The Bertz CT molecular complexity index is 173. The Hall–Kier alpha value is -0.160. The molecule has 1 aliphatic rings. The molecule has 3 unspecified atom stereocenters. The number of nitrogens with one attached hydrogen (secondary N) is 1. The fraction of sp³-hybridized carbons (Fsp3) is 1.00. The molecule has 4 heteroatoms. The number of aliphatic hydroxyl groups is 2. The summed E-state index contributed by atoms with van der Waals surface area (Å²) >= 11 is 0. The maximum absolute atomic E-state index is 9.50. The second-order valence-corrected chi connectivity index (χ2v) is 4.43. The molecule has 0 amide bonds. The van der Waals surface area contributed by atoms with Gasteiger partial charge < -0.3 is 20.3 Å². The van der Waals surface area contributed by atoms with Crippen LogP contribution < -0.4 is 5.32 Å². The van der Waals surface area contributed by atoms with Gasteiger partial charge in [0.15, 0.2) is 0 Å². The third kappa shape index (κ3) is 3.92. The van der Waals surface area contributed by atoms with E-state index < -0.39 is 5.60 Å². The van der Waals surface area contributed by atoms with E-state index in [1.807, 2.05) is 0 Å². The maximum Gasteiger partial charge on any atom is 0.0972 e. The van der Waals surface area contributed by atoms with Crippen LogP contribution in [0, 0.1) is 0 Å². The zero-order valence-electron chi connectivity index (χ0n) is 8.99. The Morgan fingerprint density at radius 1 is 1.50 bits per heavy atom. The van der Waals surface area contributed by atoms with Gasteiger partial charge in [0.1, 0.15) is 0 Å². The fourth-order valence-corrected chi connectivity index (χ4v) is 1.59. The fourth-order valence-electron chi connectivity index (χ4n) is 1.59. The molecule has 14 heavy (non-hydrogen) atoms. The Morgan fingerprint density at radius 2 is 2.21 bits per heavy atom. The van der Waals surface area contributed by atoms with E-state index in [9.17, 15) is 5.11 Å². The van der Waals surface area contributed by atoms with Crippen molar-refractivity contribution in [3.05, 3.63) is 0 Å². The van der Waals surface area contributed by atoms with E-state index in [0.29, 0.717) is 12.6 Å². The minimum Gasteiger partial charge on any atom is -0.393 e. The molecule has 4 nitrogen and oxygen atoms in total. The van der Waals surface area contributed by atoms with Crippen molar-refractivity contribution >= 4 is 0 Å². The molecular formula is C10H21NO3. The monoisotopic (exact) mass is 203 g/mol. The Morgan fingerprint density at radius 3 is 2.71 bits per heavy atom. The highest BCUT2D eigenvalue weighted by molar-refractivity contribution is 4.77. The molecule has 1 aliphatic heterocycles. The lowest BCUT2D eigenvalue weighted by molar-refractivity contribution is -0.00212. The first-order valence-electron chi connectivity index (χ1n) is 5.23. The Kier molecular flexibility index (Phi) is 4.31. The van der Waals surface area contributed by atoms with Crippen molar-refractivity contribution in [3.8, 4) is 0 Å². The molecule has 0 aromatic carbocycles. The predicted molar refractivity (Wildman–Crippen MR) is 54.1 cm³/mol. The van der Waals surface area contributed by atoms with Crippen LogP contribution in [-0.4, -0.2) is 47.7 Å². The lowest BCUT2D eigenvalue weighted by Crippen LogP contribution is -2.43. The van der Waals surface area contributed by atoms with Gasteiger partial charge in [-0.25, -0.2) is 0 Å². The highest BCUT2D eigenvalue weighted by Gasteiger charge is 2.23. The SMILES string of the molecule is CC1CCC(CNCC(C)(O)CO)O1. The number of ether oxygens (including phenoxy) is 1. The summed E-state index contributed by atoms with van der Waals surface area (Å²) in [5.41, 5.74) is -1.02. The van der Waals surface area contributed by atoms with Crippen molar-refractivity contribution in [1.29, 1.82) is 0 Å². The van der Waals surface area contributed by atoms with Gasteiger partial charge in [-0.2, -0.15) is 0 Å². The van der Waals surface area contributed by atoms with Gasteiger partial charge in [0.25, 0.3) is 0 Å². The van der Waals surface area contributed by atoms with E-state index in [2.05, 4.69) is 12.2 Å². The zero-order valence-corrected chi connectivity index (χ0v) is 8.99. The predicted octanol–water partition coefficient (Wildman–Crippen LogP) is -0.113. The lowest BCUT2D eigenvalue weighted by Gasteiger charge is -2.22. The van der Waals surface area contributed by atoms with Crippen LogP contribution in [0.5, 0.6) is 0 Å². The number of hydrogen-bond donors (Lipinski definition) is 3. The topological polar surface area (TPSA) is 61.7 Å². The van der Waals surface area contributed by atoms with Crippen molar-refractivity contribution < 1.29 is 14.9 Å². The summed E-state index contributed by atoms with van der Waals surface area (Å²) in [5, 5.41) is 21.4. The van der Waals surface area contributed by atoms with E-state index in [-0.39, 0.29) is 12.7 Å². The third-order valence-electron chi connectivity index (χ3n) is 2.54. The second kappa shape index (κ2) is 5.07. The van der Waals surface area contributed by atoms with Gasteiger partial charge in [-0.15, -0.1) is 0 Å². The smallest absolute Gasteiger partial charge is 0.0972 e. The summed E-state index contributed by atoms with van der Waals surface area (Å²) in [6.07, 6.45) is 2.82. The van der Waals surface area contributed by atoms with Gasteiger partial charge in [0.2, 0.25) is 0 Å². The van der Waals surface area contributed by atoms with Crippen LogP contribution in [-0.2, 0) is 4.74 Å². The van der Waals surface area contributed by atoms with Crippen LogP contribution in [0.3, 0.4) is 0 Å². The van der Waals surface area contributed by atoms with Crippen molar-refractivity contribution in [2.45, 2.75) is 44.5 Å². The van der Waals surface area contributed by atoms with Gasteiger partial charge in [-0.3, -0.25) is 0 Å². The standard InChI is InChI=1S/C10H21NO3/c1-8-3-4-9(14-8)5-11-6-10(2,13)7-12/h8-9,11-13H,3-7H2,1-2H3. The van der Waals surface area contributed by atoms with Crippen LogP contribution in [0.1, 0.15) is 26.7 Å². The molecule has 3 atom stereocenters. The summed E-state index contributed by atoms with van der Waals surface area (Å²) in [7, 11) is 0. The first-order chi connectivity index (χ1) is 6.53. The molecule has 3 N–H and O–H groups in total. The van der Waals surface area contributed by atoms with E-state index in [0.717, 1.165) is 19.4 Å². The highest BCUT2D eigenvalue weighted by atomic mass is 16.5. The van der Waals surface area contributed by atoms with E-state index in [4.69, 9.17) is 9.84 Å². The van der Waals surface area contributed by atoms with E-state index in [1.165, 1.54) is 0 Å². The Labute approximate surface area is 85.3 Å². The number of rotatable bonds is 5. The number of aliphatic hydroxyl groups excluding tert-OH is 1. The maximum atomic E-state index is 9.50. The summed E-state index contributed by atoms with van der Waals surface area (Å²) < 4.78 is 5.60. The minimum absolute atomic E-state index is 0.220. The summed E-state index contributed by atoms with van der Waals surface area (Å²) in [6, 6.07) is 0. The zero-order chi connectivity index (χ0) is 10.6. The summed E-state index contributed by atoms with van der Waals surface area (Å²) in [4.78, 5) is 0. The minimum atomic E-state index is -1.02. The van der Waals surface area contributed by atoms with Gasteiger partial charge in [0, 0.05) is 13.1 Å². The van der Waals surface area contributed by atoms with Gasteiger partial charge in [-0.05, 0) is 26.7 Å². The van der Waals surface area contributed by atoms with Crippen molar-refractivity contribution in [2.24, 2.45) is 0 Å². The third-order valence-corrected chi connectivity index (χ3v) is 2.54. The summed E-state index contributed by atoms with van der Waals surface area (Å²) in [5.74, 6) is 0. The molecule has 0 saturated carbocycles. The summed E-state index contributed by atoms with van der Waals surface area (Å²) in [6.45, 7) is 4.61. The van der Waals surface area contributed by atoms with Crippen molar-refractivity contribution in [1.82, 2.24) is 5.32 Å². The molecule has 0 aromatic rings. The molecule has 0 bridgehead atoms. The van der Waals surface area contributed by atoms with Crippen LogP contribution in [0.4, 0.5) is 0 Å². The first kappa shape index (κ1) is 11.9. The quantitative estimate of drug-likeness (QED) is 0.583. The Balaban J connectivity index is 2.10. The largest absolute Gasteiger partial charge is 0.393 e. The van der Waals surface area contributed by atoms with Crippen LogP contribution in [0.25, 0.3) is 0 Å². The molecule has 84 valence electrons. The molecule has 0 spiro atoms. The van der Waals surface area contributed by atoms with Gasteiger partial charge in [0.05, 0.1) is 24.4 Å². The molecule has 1 rings (SSSR count). The van der Waals surface area contributed by atoms with Crippen molar-refractivity contribution in [3.63, 3.8) is 0 Å².